The second kappa shape index (κ2) is 9.76. The Hall–Kier alpha value is -2.82. The molecule has 0 aliphatic heterocycles. The van der Waals surface area contributed by atoms with Crippen LogP contribution in [0, 0.1) is 0 Å². The SMILES string of the molecule is CCc1ccc(CN(C)C(=NC)NCc2ccc(C(=O)N(C)C)cc2)cc1. The van der Waals surface area contributed by atoms with Crippen LogP contribution in [0.1, 0.15) is 34.0 Å². The fraction of sp³-hybridized carbons (Fsp3) is 0.364. The van der Waals surface area contributed by atoms with Gasteiger partial charge in [0.1, 0.15) is 0 Å². The molecule has 1 amide bonds. The van der Waals surface area contributed by atoms with Crippen molar-refractivity contribution in [3.63, 3.8) is 0 Å². The van der Waals surface area contributed by atoms with E-state index < -0.39 is 0 Å². The molecule has 2 rings (SSSR count). The Morgan fingerprint density at radius 1 is 0.926 bits per heavy atom. The topological polar surface area (TPSA) is 47.9 Å². The zero-order valence-electron chi connectivity index (χ0n) is 17.0. The molecule has 0 aliphatic rings. The lowest BCUT2D eigenvalue weighted by molar-refractivity contribution is 0.0827. The molecule has 27 heavy (non-hydrogen) atoms. The molecule has 0 heterocycles. The Bertz CT molecular complexity index is 764. The van der Waals surface area contributed by atoms with E-state index in [1.54, 1.807) is 26.0 Å². The minimum absolute atomic E-state index is 0.0131. The minimum atomic E-state index is 0.0131. The van der Waals surface area contributed by atoms with Gasteiger partial charge >= 0.3 is 0 Å². The van der Waals surface area contributed by atoms with Gasteiger partial charge in [0.2, 0.25) is 0 Å². The van der Waals surface area contributed by atoms with Gasteiger partial charge in [-0.15, -0.1) is 0 Å². The van der Waals surface area contributed by atoms with E-state index in [1.807, 2.05) is 31.3 Å². The first-order valence-corrected chi connectivity index (χ1v) is 9.24. The number of benzene rings is 2. The molecule has 0 saturated heterocycles. The summed E-state index contributed by atoms with van der Waals surface area (Å²) in [7, 11) is 7.33. The van der Waals surface area contributed by atoms with E-state index in [4.69, 9.17) is 0 Å². The van der Waals surface area contributed by atoms with Crippen molar-refractivity contribution in [2.75, 3.05) is 28.2 Å². The van der Waals surface area contributed by atoms with E-state index in [0.717, 1.165) is 24.5 Å². The second-order valence-electron chi connectivity index (χ2n) is 6.82. The summed E-state index contributed by atoms with van der Waals surface area (Å²) >= 11 is 0. The zero-order chi connectivity index (χ0) is 19.8. The van der Waals surface area contributed by atoms with Crippen LogP contribution < -0.4 is 5.32 Å². The molecule has 2 aromatic rings. The summed E-state index contributed by atoms with van der Waals surface area (Å²) in [6.45, 7) is 3.61. The molecule has 2 aromatic carbocycles. The number of nitrogens with zero attached hydrogens (tertiary/aromatic N) is 3. The molecular formula is C22H30N4O. The Morgan fingerprint density at radius 3 is 2.00 bits per heavy atom. The van der Waals surface area contributed by atoms with E-state index >= 15 is 0 Å². The molecule has 144 valence electrons. The number of rotatable bonds is 6. The van der Waals surface area contributed by atoms with Crippen LogP contribution in [0.4, 0.5) is 0 Å². The minimum Gasteiger partial charge on any atom is -0.352 e. The van der Waals surface area contributed by atoms with Crippen molar-refractivity contribution in [2.45, 2.75) is 26.4 Å². The highest BCUT2D eigenvalue weighted by molar-refractivity contribution is 5.93. The quantitative estimate of drug-likeness (QED) is 0.631. The number of hydrogen-bond donors (Lipinski definition) is 1. The van der Waals surface area contributed by atoms with Gasteiger partial charge in [-0.25, -0.2) is 0 Å². The number of aryl methyl sites for hydroxylation is 1. The molecule has 0 spiro atoms. The normalized spacial score (nSPS) is 11.2. The Kier molecular flexibility index (Phi) is 7.41. The molecule has 5 heteroatoms. The van der Waals surface area contributed by atoms with E-state index in [1.165, 1.54) is 11.1 Å². The summed E-state index contributed by atoms with van der Waals surface area (Å²) in [4.78, 5) is 20.0. The average Bonchev–Trinajstić information content (AvgIpc) is 2.69. The van der Waals surface area contributed by atoms with Crippen LogP contribution in [0.3, 0.4) is 0 Å². The van der Waals surface area contributed by atoms with Gasteiger partial charge in [-0.3, -0.25) is 9.79 Å². The monoisotopic (exact) mass is 366 g/mol. The molecule has 0 radical (unpaired) electrons. The molecule has 0 saturated carbocycles. The Morgan fingerprint density at radius 2 is 1.48 bits per heavy atom. The summed E-state index contributed by atoms with van der Waals surface area (Å²) in [5, 5.41) is 3.38. The second-order valence-corrected chi connectivity index (χ2v) is 6.82. The van der Waals surface area contributed by atoms with E-state index in [0.29, 0.717) is 12.1 Å². The summed E-state index contributed by atoms with van der Waals surface area (Å²) < 4.78 is 0. The lowest BCUT2D eigenvalue weighted by Gasteiger charge is -2.22. The van der Waals surface area contributed by atoms with Crippen LogP contribution >= 0.6 is 0 Å². The van der Waals surface area contributed by atoms with Crippen LogP contribution in [-0.2, 0) is 19.5 Å². The van der Waals surface area contributed by atoms with E-state index in [9.17, 15) is 4.79 Å². The average molecular weight is 367 g/mol. The van der Waals surface area contributed by atoms with Crippen LogP contribution in [0.15, 0.2) is 53.5 Å². The maximum absolute atomic E-state index is 12.0. The summed E-state index contributed by atoms with van der Waals surface area (Å²) in [5.41, 5.74) is 4.40. The zero-order valence-corrected chi connectivity index (χ0v) is 17.0. The van der Waals surface area contributed by atoms with Crippen LogP contribution in [0.2, 0.25) is 0 Å². The highest BCUT2D eigenvalue weighted by Gasteiger charge is 2.09. The number of aliphatic imine (C=N–C) groups is 1. The summed E-state index contributed by atoms with van der Waals surface area (Å²) in [5.74, 6) is 0.849. The standard InChI is InChI=1S/C22H30N4O/c1-6-17-7-9-19(10-8-17)16-26(5)22(23-2)24-15-18-11-13-20(14-12-18)21(27)25(3)4/h7-14H,6,15-16H2,1-5H3,(H,23,24). The summed E-state index contributed by atoms with van der Waals surface area (Å²) in [6, 6.07) is 16.4. The number of nitrogens with one attached hydrogen (secondary N) is 1. The lowest BCUT2D eigenvalue weighted by atomic mass is 10.1. The molecule has 0 bridgehead atoms. The van der Waals surface area contributed by atoms with Crippen molar-refractivity contribution in [3.8, 4) is 0 Å². The molecule has 1 N–H and O–H groups in total. The molecule has 0 aromatic heterocycles. The third kappa shape index (κ3) is 5.84. The van der Waals surface area contributed by atoms with Crippen molar-refractivity contribution in [1.29, 1.82) is 0 Å². The van der Waals surface area contributed by atoms with Crippen molar-refractivity contribution in [2.24, 2.45) is 4.99 Å². The Balaban J connectivity index is 1.93. The largest absolute Gasteiger partial charge is 0.352 e. The van der Waals surface area contributed by atoms with Crippen LogP contribution in [0.25, 0.3) is 0 Å². The smallest absolute Gasteiger partial charge is 0.253 e. The third-order valence-corrected chi connectivity index (χ3v) is 4.48. The number of hydrogen-bond acceptors (Lipinski definition) is 2. The van der Waals surface area contributed by atoms with Gasteiger partial charge in [0.05, 0.1) is 0 Å². The van der Waals surface area contributed by atoms with Crippen molar-refractivity contribution < 1.29 is 4.79 Å². The fourth-order valence-electron chi connectivity index (χ4n) is 2.82. The third-order valence-electron chi connectivity index (χ3n) is 4.48. The van der Waals surface area contributed by atoms with Gasteiger partial charge in [0, 0.05) is 46.8 Å². The lowest BCUT2D eigenvalue weighted by Crippen LogP contribution is -2.38. The van der Waals surface area contributed by atoms with Gasteiger partial charge in [-0.2, -0.15) is 0 Å². The highest BCUT2D eigenvalue weighted by Crippen LogP contribution is 2.09. The summed E-state index contributed by atoms with van der Waals surface area (Å²) in [6.07, 6.45) is 1.05. The fourth-order valence-corrected chi connectivity index (χ4v) is 2.82. The predicted octanol–water partition coefficient (Wildman–Crippen LogP) is 3.16. The van der Waals surface area contributed by atoms with Gasteiger partial charge in [-0.1, -0.05) is 43.3 Å². The highest BCUT2D eigenvalue weighted by atomic mass is 16.2. The number of amides is 1. The van der Waals surface area contributed by atoms with Crippen molar-refractivity contribution in [1.82, 2.24) is 15.1 Å². The van der Waals surface area contributed by atoms with Gasteiger partial charge in [0.15, 0.2) is 5.96 Å². The maximum Gasteiger partial charge on any atom is 0.253 e. The first kappa shape index (κ1) is 20.5. The predicted molar refractivity (Wildman–Crippen MR) is 112 cm³/mol. The maximum atomic E-state index is 12.0. The molecule has 5 nitrogen and oxygen atoms in total. The molecular weight excluding hydrogens is 336 g/mol. The molecule has 0 atom stereocenters. The first-order valence-electron chi connectivity index (χ1n) is 9.24. The molecule has 0 aliphatic carbocycles. The number of carbonyl (C=O) groups excluding carboxylic acids is 1. The van der Waals surface area contributed by atoms with E-state index in [2.05, 4.69) is 46.4 Å². The first-order chi connectivity index (χ1) is 12.9. The molecule has 0 fully saturated rings. The van der Waals surface area contributed by atoms with Gasteiger partial charge < -0.3 is 15.1 Å². The van der Waals surface area contributed by atoms with Gasteiger partial charge in [0.25, 0.3) is 5.91 Å². The Labute approximate surface area is 162 Å². The number of guanidine groups is 1. The van der Waals surface area contributed by atoms with Crippen molar-refractivity contribution >= 4 is 11.9 Å². The van der Waals surface area contributed by atoms with Crippen LogP contribution in [-0.4, -0.2) is 49.9 Å². The number of carbonyl (C=O) groups is 1. The van der Waals surface area contributed by atoms with Gasteiger partial charge in [-0.05, 0) is 35.2 Å². The van der Waals surface area contributed by atoms with Crippen LogP contribution in [0.5, 0.6) is 0 Å². The molecule has 0 unspecified atom stereocenters. The van der Waals surface area contributed by atoms with E-state index in [-0.39, 0.29) is 5.91 Å². The van der Waals surface area contributed by atoms with Crippen molar-refractivity contribution in [3.05, 3.63) is 70.8 Å².